The highest BCUT2D eigenvalue weighted by atomic mass is 16.5. The minimum atomic E-state index is -0.425. The minimum absolute atomic E-state index is 0.00598. The topological polar surface area (TPSA) is 58.6 Å². The van der Waals surface area contributed by atoms with Crippen molar-refractivity contribution in [3.8, 4) is 5.75 Å². The minimum Gasteiger partial charge on any atom is -0.497 e. The smallest absolute Gasteiger partial charge is 0.243 e. The summed E-state index contributed by atoms with van der Waals surface area (Å²) < 4.78 is 5.19. The second-order valence-electron chi connectivity index (χ2n) is 6.99. The molecule has 5 nitrogen and oxygen atoms in total. The molecule has 144 valence electrons. The standard InChI is InChI=1S/C21H32N2O3/c1-4-19(21(25)22-17-9-7-6-8-10-17)23(20(24)5-2)15-16-11-13-18(26-3)14-12-16/h11-14,17,19H,4-10,15H2,1-3H3,(H,22,25)/t19-/m0/s1. The lowest BCUT2D eigenvalue weighted by molar-refractivity contribution is -0.141. The normalized spacial score (nSPS) is 16.0. The van der Waals surface area contributed by atoms with Crippen molar-refractivity contribution < 1.29 is 14.3 Å². The molecule has 0 saturated heterocycles. The number of nitrogens with zero attached hydrogens (tertiary/aromatic N) is 1. The van der Waals surface area contributed by atoms with Crippen LogP contribution in [0.15, 0.2) is 24.3 Å². The molecule has 0 spiro atoms. The third-order valence-corrected chi connectivity index (χ3v) is 5.15. The number of benzene rings is 1. The van der Waals surface area contributed by atoms with Crippen molar-refractivity contribution in [3.05, 3.63) is 29.8 Å². The van der Waals surface area contributed by atoms with Crippen LogP contribution in [0, 0.1) is 0 Å². The lowest BCUT2D eigenvalue weighted by Crippen LogP contribution is -2.51. The first kappa shape index (κ1) is 20.3. The predicted octanol–water partition coefficient (Wildman–Crippen LogP) is 3.66. The Morgan fingerprint density at radius 3 is 2.35 bits per heavy atom. The highest BCUT2D eigenvalue weighted by molar-refractivity contribution is 5.87. The lowest BCUT2D eigenvalue weighted by atomic mass is 9.95. The van der Waals surface area contributed by atoms with Crippen molar-refractivity contribution in [1.82, 2.24) is 10.2 Å². The molecule has 26 heavy (non-hydrogen) atoms. The van der Waals surface area contributed by atoms with Gasteiger partial charge in [-0.05, 0) is 37.0 Å². The quantitative estimate of drug-likeness (QED) is 0.770. The van der Waals surface area contributed by atoms with Gasteiger partial charge in [0.1, 0.15) is 11.8 Å². The van der Waals surface area contributed by atoms with Crippen molar-refractivity contribution in [1.29, 1.82) is 0 Å². The molecule has 0 aromatic heterocycles. The molecule has 1 atom stereocenters. The highest BCUT2D eigenvalue weighted by Crippen LogP contribution is 2.20. The maximum atomic E-state index is 12.9. The van der Waals surface area contributed by atoms with Gasteiger partial charge in [-0.15, -0.1) is 0 Å². The van der Waals surface area contributed by atoms with Gasteiger partial charge < -0.3 is 15.0 Å². The van der Waals surface area contributed by atoms with Crippen LogP contribution < -0.4 is 10.1 Å². The highest BCUT2D eigenvalue weighted by Gasteiger charge is 2.29. The van der Waals surface area contributed by atoms with E-state index in [-0.39, 0.29) is 17.9 Å². The Morgan fingerprint density at radius 1 is 1.15 bits per heavy atom. The van der Waals surface area contributed by atoms with Crippen LogP contribution in [0.4, 0.5) is 0 Å². The summed E-state index contributed by atoms with van der Waals surface area (Å²) in [6, 6.07) is 7.48. The number of rotatable bonds is 8. The molecular weight excluding hydrogens is 328 g/mol. The summed E-state index contributed by atoms with van der Waals surface area (Å²) >= 11 is 0. The van der Waals surface area contributed by atoms with Crippen molar-refractivity contribution in [2.45, 2.75) is 77.4 Å². The Balaban J connectivity index is 2.10. The zero-order valence-electron chi connectivity index (χ0n) is 16.3. The summed E-state index contributed by atoms with van der Waals surface area (Å²) in [4.78, 5) is 27.1. The van der Waals surface area contributed by atoms with Gasteiger partial charge in [-0.25, -0.2) is 0 Å². The molecule has 1 aliphatic carbocycles. The number of hydrogen-bond donors (Lipinski definition) is 1. The summed E-state index contributed by atoms with van der Waals surface area (Å²) in [6.07, 6.45) is 6.69. The van der Waals surface area contributed by atoms with Gasteiger partial charge in [0.25, 0.3) is 0 Å². The van der Waals surface area contributed by atoms with Crippen LogP contribution in [-0.4, -0.2) is 35.9 Å². The van der Waals surface area contributed by atoms with Gasteiger partial charge in [-0.2, -0.15) is 0 Å². The number of hydrogen-bond acceptors (Lipinski definition) is 3. The van der Waals surface area contributed by atoms with Crippen LogP contribution in [0.25, 0.3) is 0 Å². The van der Waals surface area contributed by atoms with E-state index < -0.39 is 6.04 Å². The van der Waals surface area contributed by atoms with Gasteiger partial charge in [0.15, 0.2) is 0 Å². The average molecular weight is 360 g/mol. The third-order valence-electron chi connectivity index (χ3n) is 5.15. The van der Waals surface area contributed by atoms with Crippen molar-refractivity contribution >= 4 is 11.8 Å². The van der Waals surface area contributed by atoms with E-state index in [0.29, 0.717) is 19.4 Å². The Hall–Kier alpha value is -2.04. The molecular formula is C21H32N2O3. The van der Waals surface area contributed by atoms with Crippen LogP contribution in [0.3, 0.4) is 0 Å². The Kier molecular flexibility index (Phi) is 7.95. The predicted molar refractivity (Wildman–Crippen MR) is 103 cm³/mol. The first-order chi connectivity index (χ1) is 12.6. The second kappa shape index (κ2) is 10.2. The number of carbonyl (C=O) groups excluding carboxylic acids is 2. The van der Waals surface area contributed by atoms with Crippen LogP contribution >= 0.6 is 0 Å². The Labute approximate surface area is 157 Å². The lowest BCUT2D eigenvalue weighted by Gasteiger charge is -2.32. The van der Waals surface area contributed by atoms with E-state index in [1.807, 2.05) is 38.1 Å². The molecule has 1 aliphatic rings. The van der Waals surface area contributed by atoms with Gasteiger partial charge in [-0.1, -0.05) is 45.2 Å². The first-order valence-electron chi connectivity index (χ1n) is 9.81. The van der Waals surface area contributed by atoms with Crippen LogP contribution in [0.2, 0.25) is 0 Å². The summed E-state index contributed by atoms with van der Waals surface area (Å²) in [5.74, 6) is 0.769. The zero-order chi connectivity index (χ0) is 18.9. The molecule has 2 rings (SSSR count). The molecule has 0 bridgehead atoms. The maximum absolute atomic E-state index is 12.9. The summed E-state index contributed by atoms with van der Waals surface area (Å²) in [7, 11) is 1.63. The molecule has 2 amide bonds. The Morgan fingerprint density at radius 2 is 1.81 bits per heavy atom. The molecule has 1 N–H and O–H groups in total. The van der Waals surface area contributed by atoms with Crippen molar-refractivity contribution in [2.24, 2.45) is 0 Å². The van der Waals surface area contributed by atoms with Crippen LogP contribution in [0.5, 0.6) is 5.75 Å². The van der Waals surface area contributed by atoms with E-state index in [1.54, 1.807) is 12.0 Å². The van der Waals surface area contributed by atoms with Gasteiger partial charge in [0, 0.05) is 19.0 Å². The fraction of sp³-hybridized carbons (Fsp3) is 0.619. The molecule has 1 saturated carbocycles. The molecule has 0 radical (unpaired) electrons. The van der Waals surface area contributed by atoms with Gasteiger partial charge >= 0.3 is 0 Å². The third kappa shape index (κ3) is 5.48. The van der Waals surface area contributed by atoms with Crippen LogP contribution in [-0.2, 0) is 16.1 Å². The second-order valence-corrected chi connectivity index (χ2v) is 6.99. The SMILES string of the molecule is CCC(=O)N(Cc1ccc(OC)cc1)[C@@H](CC)C(=O)NC1CCCCC1. The molecule has 1 aromatic carbocycles. The number of methoxy groups -OCH3 is 1. The number of ether oxygens (including phenoxy) is 1. The van der Waals surface area contributed by atoms with E-state index in [1.165, 1.54) is 19.3 Å². The molecule has 0 aliphatic heterocycles. The molecule has 1 aromatic rings. The summed E-state index contributed by atoms with van der Waals surface area (Å²) in [5, 5.41) is 3.18. The Bertz CT molecular complexity index is 579. The number of amides is 2. The van der Waals surface area contributed by atoms with E-state index in [9.17, 15) is 9.59 Å². The monoisotopic (exact) mass is 360 g/mol. The van der Waals surface area contributed by atoms with Crippen molar-refractivity contribution in [2.75, 3.05) is 7.11 Å². The summed E-state index contributed by atoms with van der Waals surface area (Å²) in [5.41, 5.74) is 0.997. The molecule has 0 unspecified atom stereocenters. The fourth-order valence-corrected chi connectivity index (χ4v) is 3.59. The van der Waals surface area contributed by atoms with Gasteiger partial charge in [0.05, 0.1) is 7.11 Å². The molecule has 5 heteroatoms. The molecule has 1 fully saturated rings. The largest absolute Gasteiger partial charge is 0.497 e. The average Bonchev–Trinajstić information content (AvgIpc) is 2.68. The van der Waals surface area contributed by atoms with E-state index in [4.69, 9.17) is 4.74 Å². The number of nitrogens with one attached hydrogen (secondary N) is 1. The maximum Gasteiger partial charge on any atom is 0.243 e. The van der Waals surface area contributed by atoms with Gasteiger partial charge in [-0.3, -0.25) is 9.59 Å². The van der Waals surface area contributed by atoms with E-state index in [2.05, 4.69) is 5.32 Å². The van der Waals surface area contributed by atoms with Crippen LogP contribution in [0.1, 0.15) is 64.4 Å². The van der Waals surface area contributed by atoms with Gasteiger partial charge in [0.2, 0.25) is 11.8 Å². The first-order valence-corrected chi connectivity index (χ1v) is 9.81. The fourth-order valence-electron chi connectivity index (χ4n) is 3.59. The molecule has 0 heterocycles. The summed E-state index contributed by atoms with van der Waals surface area (Å²) in [6.45, 7) is 4.25. The number of carbonyl (C=O) groups is 2. The van der Waals surface area contributed by atoms with E-state index >= 15 is 0 Å². The van der Waals surface area contributed by atoms with E-state index in [0.717, 1.165) is 24.2 Å². The van der Waals surface area contributed by atoms with Crippen molar-refractivity contribution in [3.63, 3.8) is 0 Å². The zero-order valence-corrected chi connectivity index (χ0v) is 16.3.